The lowest BCUT2D eigenvalue weighted by Gasteiger charge is -2.22. The van der Waals surface area contributed by atoms with E-state index in [2.05, 4.69) is 27.0 Å². The van der Waals surface area contributed by atoms with Gasteiger partial charge in [0.05, 0.1) is 0 Å². The van der Waals surface area contributed by atoms with Crippen LogP contribution in [0.2, 0.25) is 0 Å². The quantitative estimate of drug-likeness (QED) is 0.205. The number of allylic oxidation sites excluding steroid dienone is 1. The normalized spacial score (nSPS) is 16.5. The lowest BCUT2D eigenvalue weighted by molar-refractivity contribution is -0.129. The molecule has 8 nitrogen and oxygen atoms in total. The van der Waals surface area contributed by atoms with E-state index in [-0.39, 0.29) is 12.3 Å². The first-order valence-corrected chi connectivity index (χ1v) is 11.0. The third kappa shape index (κ3) is 8.49. The number of aromatic nitrogens is 2. The summed E-state index contributed by atoms with van der Waals surface area (Å²) in [6, 6.07) is 0. The second kappa shape index (κ2) is 13.7. The number of carbonyl (C=O) groups is 1. The second-order valence-corrected chi connectivity index (χ2v) is 7.73. The van der Waals surface area contributed by atoms with Gasteiger partial charge in [-0.3, -0.25) is 15.0 Å². The molecule has 1 aromatic heterocycles. The van der Waals surface area contributed by atoms with E-state index >= 15 is 0 Å². The van der Waals surface area contributed by atoms with Crippen molar-refractivity contribution in [3.05, 3.63) is 36.6 Å². The fourth-order valence-corrected chi connectivity index (χ4v) is 3.92. The van der Waals surface area contributed by atoms with Crippen LogP contribution in [-0.2, 0) is 11.2 Å². The molecule has 1 heterocycles. The number of rotatable bonds is 12. The van der Waals surface area contributed by atoms with Crippen LogP contribution in [0.1, 0.15) is 82.3 Å². The number of nitrogens with one attached hydrogen (secondary N) is 2. The van der Waals surface area contributed by atoms with Gasteiger partial charge in [-0.25, -0.2) is 5.48 Å². The Morgan fingerprint density at radius 2 is 2.20 bits per heavy atom. The number of amidine groups is 1. The van der Waals surface area contributed by atoms with E-state index in [1.54, 1.807) is 11.7 Å². The Balaban J connectivity index is 1.93. The van der Waals surface area contributed by atoms with E-state index < -0.39 is 5.91 Å². The van der Waals surface area contributed by atoms with Gasteiger partial charge in [0, 0.05) is 25.3 Å². The maximum absolute atomic E-state index is 11.7. The number of carbonyl (C=O) groups excluding carboxylic acids is 1. The summed E-state index contributed by atoms with van der Waals surface area (Å²) in [6.45, 7) is 6.27. The van der Waals surface area contributed by atoms with Gasteiger partial charge in [-0.05, 0) is 31.5 Å². The number of hydrogen-bond donors (Lipinski definition) is 3. The Kier molecular flexibility index (Phi) is 10.9. The van der Waals surface area contributed by atoms with Crippen molar-refractivity contribution in [2.24, 2.45) is 10.9 Å². The molecule has 8 heteroatoms. The highest BCUT2D eigenvalue weighted by molar-refractivity contribution is 5.93. The monoisotopic (exact) mass is 417 g/mol. The number of amides is 1. The Morgan fingerprint density at radius 1 is 1.40 bits per heavy atom. The van der Waals surface area contributed by atoms with Crippen LogP contribution >= 0.6 is 0 Å². The molecule has 1 aromatic rings. The first kappa shape index (κ1) is 23.8. The summed E-state index contributed by atoms with van der Waals surface area (Å²) in [5, 5.41) is 15.9. The van der Waals surface area contributed by atoms with E-state index in [9.17, 15) is 4.79 Å². The van der Waals surface area contributed by atoms with Crippen LogP contribution in [0, 0.1) is 5.92 Å². The number of aliphatic imine (C=N–C) groups is 1. The summed E-state index contributed by atoms with van der Waals surface area (Å²) in [6.07, 6.45) is 15.5. The fraction of sp³-hybridized carbons (Fsp3) is 0.636. The van der Waals surface area contributed by atoms with Gasteiger partial charge in [0.25, 0.3) is 0 Å². The fourth-order valence-electron chi connectivity index (χ4n) is 3.92. The van der Waals surface area contributed by atoms with Crippen molar-refractivity contribution in [3.63, 3.8) is 0 Å². The molecular weight excluding hydrogens is 382 g/mol. The molecular formula is C22H35N5O3. The number of nitrogens with zero attached hydrogens (tertiary/aromatic N) is 3. The summed E-state index contributed by atoms with van der Waals surface area (Å²) in [4.78, 5) is 20.5. The van der Waals surface area contributed by atoms with Crippen LogP contribution in [0.5, 0.6) is 0 Å². The standard InChI is InChI=1S/C22H35N5O3/c1-3-23-19(24-4-2)14-9-15-20-25-22(30-27-20)18(16-21(28)26-29)13-8-12-17-10-6-5-7-11-17/h3,9,14,17-18,29H,1,4-8,10-13,15-16H2,2H3,(H,23,24)(H,26,28)/b14-9-/t18-/m1/s1. The molecule has 0 saturated heterocycles. The Bertz CT molecular complexity index is 707. The number of hydroxylamine groups is 1. The molecule has 0 bridgehead atoms. The minimum atomic E-state index is -0.437. The predicted octanol–water partition coefficient (Wildman–Crippen LogP) is 4.05. The van der Waals surface area contributed by atoms with Crippen LogP contribution in [0.3, 0.4) is 0 Å². The highest BCUT2D eigenvalue weighted by Crippen LogP contribution is 2.31. The SMILES string of the molecule is C=CNC(/C=C\Cc1noc([C@H](CCCC2CCCCC2)CC(=O)NO)n1)=NCC. The largest absolute Gasteiger partial charge is 0.348 e. The lowest BCUT2D eigenvalue weighted by Crippen LogP contribution is -2.21. The smallest absolute Gasteiger partial charge is 0.244 e. The van der Waals surface area contributed by atoms with Gasteiger partial charge >= 0.3 is 0 Å². The van der Waals surface area contributed by atoms with Crippen molar-refractivity contribution in [1.82, 2.24) is 20.9 Å². The summed E-state index contributed by atoms with van der Waals surface area (Å²) in [5.74, 6) is 1.89. The minimum absolute atomic E-state index is 0.134. The molecule has 1 atom stereocenters. The average Bonchev–Trinajstić information content (AvgIpc) is 3.23. The van der Waals surface area contributed by atoms with Crippen molar-refractivity contribution in [1.29, 1.82) is 0 Å². The molecule has 30 heavy (non-hydrogen) atoms. The predicted molar refractivity (Wildman–Crippen MR) is 116 cm³/mol. The van der Waals surface area contributed by atoms with E-state index in [1.165, 1.54) is 32.1 Å². The van der Waals surface area contributed by atoms with Crippen molar-refractivity contribution in [3.8, 4) is 0 Å². The molecule has 2 rings (SSSR count). The molecule has 166 valence electrons. The van der Waals surface area contributed by atoms with Gasteiger partial charge in [-0.15, -0.1) is 0 Å². The minimum Gasteiger partial charge on any atom is -0.348 e. The summed E-state index contributed by atoms with van der Waals surface area (Å²) >= 11 is 0. The van der Waals surface area contributed by atoms with Gasteiger partial charge < -0.3 is 9.84 Å². The maximum Gasteiger partial charge on any atom is 0.244 e. The van der Waals surface area contributed by atoms with Gasteiger partial charge in [-0.1, -0.05) is 62.8 Å². The summed E-state index contributed by atoms with van der Waals surface area (Å²) in [7, 11) is 0. The molecule has 0 aromatic carbocycles. The van der Waals surface area contributed by atoms with Gasteiger partial charge in [0.15, 0.2) is 5.82 Å². The molecule has 1 saturated carbocycles. The molecule has 3 N–H and O–H groups in total. The number of hydrogen-bond acceptors (Lipinski definition) is 6. The summed E-state index contributed by atoms with van der Waals surface area (Å²) in [5.41, 5.74) is 1.71. The van der Waals surface area contributed by atoms with Gasteiger partial charge in [0.2, 0.25) is 11.8 Å². The zero-order valence-corrected chi connectivity index (χ0v) is 18.0. The Labute approximate surface area is 178 Å². The van der Waals surface area contributed by atoms with E-state index in [0.717, 1.165) is 31.0 Å². The van der Waals surface area contributed by atoms with Crippen LogP contribution in [0.25, 0.3) is 0 Å². The third-order valence-electron chi connectivity index (χ3n) is 5.43. The molecule has 0 unspecified atom stereocenters. The van der Waals surface area contributed by atoms with Crippen LogP contribution in [0.4, 0.5) is 0 Å². The Morgan fingerprint density at radius 3 is 2.90 bits per heavy atom. The first-order chi connectivity index (χ1) is 14.7. The van der Waals surface area contributed by atoms with Crippen LogP contribution in [0.15, 0.2) is 34.4 Å². The molecule has 0 radical (unpaired) electrons. The topological polar surface area (TPSA) is 113 Å². The van der Waals surface area contributed by atoms with E-state index in [0.29, 0.717) is 24.7 Å². The van der Waals surface area contributed by atoms with E-state index in [1.807, 2.05) is 19.1 Å². The highest BCUT2D eigenvalue weighted by atomic mass is 16.5. The van der Waals surface area contributed by atoms with E-state index in [4.69, 9.17) is 9.73 Å². The first-order valence-electron chi connectivity index (χ1n) is 11.0. The maximum atomic E-state index is 11.7. The van der Waals surface area contributed by atoms with Crippen LogP contribution < -0.4 is 10.8 Å². The zero-order valence-electron chi connectivity index (χ0n) is 18.0. The second-order valence-electron chi connectivity index (χ2n) is 7.73. The molecule has 1 amide bonds. The van der Waals surface area contributed by atoms with Crippen LogP contribution in [-0.4, -0.2) is 33.6 Å². The third-order valence-corrected chi connectivity index (χ3v) is 5.43. The molecule has 1 aliphatic rings. The molecule has 1 aliphatic carbocycles. The molecule has 0 spiro atoms. The average molecular weight is 418 g/mol. The zero-order chi connectivity index (χ0) is 21.6. The highest BCUT2D eigenvalue weighted by Gasteiger charge is 2.23. The Hall–Kier alpha value is -2.48. The van der Waals surface area contributed by atoms with Crippen molar-refractivity contribution < 1.29 is 14.5 Å². The van der Waals surface area contributed by atoms with Gasteiger partial charge in [-0.2, -0.15) is 4.98 Å². The lowest BCUT2D eigenvalue weighted by atomic mass is 9.84. The summed E-state index contributed by atoms with van der Waals surface area (Å²) < 4.78 is 5.45. The molecule has 1 fully saturated rings. The van der Waals surface area contributed by atoms with Gasteiger partial charge in [0.1, 0.15) is 5.84 Å². The van der Waals surface area contributed by atoms with Crippen molar-refractivity contribution in [2.45, 2.75) is 77.0 Å². The molecule has 0 aliphatic heterocycles. The van der Waals surface area contributed by atoms with Crippen molar-refractivity contribution >= 4 is 11.7 Å². The van der Waals surface area contributed by atoms with Crippen molar-refractivity contribution in [2.75, 3.05) is 6.54 Å².